The fraction of sp³-hybridized carbons (Fsp3) is 0.267. The zero-order valence-corrected chi connectivity index (χ0v) is 13.6. The number of allylic oxidation sites excluding steroid dienone is 2. The summed E-state index contributed by atoms with van der Waals surface area (Å²) >= 11 is 6.42. The van der Waals surface area contributed by atoms with Crippen LogP contribution >= 0.6 is 24.0 Å². The number of carbonyl (C=O) groups excluding carboxylic acids is 1. The molecule has 0 spiro atoms. The number of thiocarbonyl (C=S) groups is 1. The molecule has 1 aliphatic rings. The molecule has 1 N–H and O–H groups in total. The Morgan fingerprint density at radius 1 is 1.55 bits per heavy atom. The minimum absolute atomic E-state index is 0.0214. The van der Waals surface area contributed by atoms with Gasteiger partial charge in [0, 0.05) is 13.0 Å². The molecule has 7 heteroatoms. The van der Waals surface area contributed by atoms with Crippen molar-refractivity contribution in [3.63, 3.8) is 0 Å². The van der Waals surface area contributed by atoms with Crippen LogP contribution in [0.2, 0.25) is 0 Å². The summed E-state index contributed by atoms with van der Waals surface area (Å²) in [6.45, 7) is 2.20. The first kappa shape index (κ1) is 16.5. The van der Waals surface area contributed by atoms with Crippen molar-refractivity contribution in [3.05, 3.63) is 40.7 Å². The van der Waals surface area contributed by atoms with Crippen LogP contribution in [0, 0.1) is 0 Å². The second-order valence-electron chi connectivity index (χ2n) is 4.73. The quantitative estimate of drug-likeness (QED) is 0.634. The smallest absolute Gasteiger partial charge is 0.303 e. The molecular formula is C15H15NO4S2. The lowest BCUT2D eigenvalue weighted by Crippen LogP contribution is -2.29. The van der Waals surface area contributed by atoms with Crippen LogP contribution in [0.15, 0.2) is 39.4 Å². The summed E-state index contributed by atoms with van der Waals surface area (Å²) in [4.78, 5) is 24.8. The van der Waals surface area contributed by atoms with Crippen LogP contribution in [0.3, 0.4) is 0 Å². The molecule has 5 nitrogen and oxygen atoms in total. The van der Waals surface area contributed by atoms with Gasteiger partial charge in [-0.1, -0.05) is 24.0 Å². The van der Waals surface area contributed by atoms with Crippen molar-refractivity contribution in [3.8, 4) is 0 Å². The molecule has 1 aromatic heterocycles. The average molecular weight is 337 g/mol. The minimum atomic E-state index is -0.877. The summed E-state index contributed by atoms with van der Waals surface area (Å²) in [5, 5.41) is 8.64. The lowest BCUT2D eigenvalue weighted by Gasteiger charge is -2.13. The van der Waals surface area contributed by atoms with Crippen molar-refractivity contribution in [2.45, 2.75) is 19.8 Å². The number of aliphatic carboxylic acids is 1. The summed E-state index contributed by atoms with van der Waals surface area (Å²) in [5.74, 6) is -0.337. The molecule has 1 amide bonds. The van der Waals surface area contributed by atoms with Crippen molar-refractivity contribution in [2.24, 2.45) is 0 Å². The maximum Gasteiger partial charge on any atom is 0.303 e. The zero-order valence-electron chi connectivity index (χ0n) is 11.9. The summed E-state index contributed by atoms with van der Waals surface area (Å²) in [6, 6.07) is 3.62. The topological polar surface area (TPSA) is 70.8 Å². The van der Waals surface area contributed by atoms with Crippen molar-refractivity contribution in [1.29, 1.82) is 0 Å². The summed E-state index contributed by atoms with van der Waals surface area (Å²) in [6.07, 6.45) is 5.58. The predicted octanol–water partition coefficient (Wildman–Crippen LogP) is 3.29. The fourth-order valence-electron chi connectivity index (χ4n) is 1.93. The van der Waals surface area contributed by atoms with Gasteiger partial charge in [-0.3, -0.25) is 14.5 Å². The summed E-state index contributed by atoms with van der Waals surface area (Å²) < 4.78 is 5.69. The average Bonchev–Trinajstić information content (AvgIpc) is 3.02. The Labute approximate surface area is 137 Å². The molecule has 0 saturated carbocycles. The highest BCUT2D eigenvalue weighted by atomic mass is 32.2. The molecule has 0 bridgehead atoms. The SMILES string of the molecule is CC(=C/c1ccco1)/C=C1\SC(=S)N(CCCC(=O)O)C1=O. The second kappa shape index (κ2) is 7.42. The van der Waals surface area contributed by atoms with Crippen LogP contribution in [0.25, 0.3) is 6.08 Å². The van der Waals surface area contributed by atoms with Crippen LogP contribution < -0.4 is 0 Å². The number of carboxylic acid groups (broad SMARTS) is 1. The number of hydrogen-bond acceptors (Lipinski definition) is 5. The maximum absolute atomic E-state index is 12.3. The highest BCUT2D eigenvalue weighted by molar-refractivity contribution is 8.26. The molecule has 0 atom stereocenters. The van der Waals surface area contributed by atoms with Gasteiger partial charge in [0.25, 0.3) is 5.91 Å². The van der Waals surface area contributed by atoms with E-state index in [4.69, 9.17) is 21.7 Å². The minimum Gasteiger partial charge on any atom is -0.481 e. The standard InChI is InChI=1S/C15H15NO4S2/c1-10(8-11-4-3-7-20-11)9-12-14(19)16(15(21)22-12)6-2-5-13(17)18/h3-4,7-9H,2,5-6H2,1H3,(H,17,18)/b10-8-,12-9-. The molecule has 1 fully saturated rings. The molecule has 2 rings (SSSR count). The maximum atomic E-state index is 12.3. The first-order valence-corrected chi connectivity index (χ1v) is 7.89. The fourth-order valence-corrected chi connectivity index (χ4v) is 3.29. The number of carbonyl (C=O) groups is 2. The van der Waals surface area contributed by atoms with Gasteiger partial charge in [-0.15, -0.1) is 0 Å². The molecule has 2 heterocycles. The van der Waals surface area contributed by atoms with Gasteiger partial charge in [-0.2, -0.15) is 0 Å². The highest BCUT2D eigenvalue weighted by Gasteiger charge is 2.31. The molecule has 116 valence electrons. The van der Waals surface area contributed by atoms with E-state index in [2.05, 4.69) is 0 Å². The van der Waals surface area contributed by atoms with Crippen LogP contribution in [0.1, 0.15) is 25.5 Å². The lowest BCUT2D eigenvalue weighted by molar-refractivity contribution is -0.137. The Balaban J connectivity index is 2.04. The first-order chi connectivity index (χ1) is 10.5. The van der Waals surface area contributed by atoms with E-state index in [9.17, 15) is 9.59 Å². The number of hydrogen-bond donors (Lipinski definition) is 1. The van der Waals surface area contributed by atoms with E-state index < -0.39 is 5.97 Å². The molecule has 1 aromatic rings. The van der Waals surface area contributed by atoms with E-state index in [-0.39, 0.29) is 12.3 Å². The van der Waals surface area contributed by atoms with Crippen LogP contribution in [-0.4, -0.2) is 32.7 Å². The Morgan fingerprint density at radius 2 is 2.32 bits per heavy atom. The van der Waals surface area contributed by atoms with Gasteiger partial charge in [0.15, 0.2) is 0 Å². The molecule has 0 aliphatic carbocycles. The van der Waals surface area contributed by atoms with Crippen molar-refractivity contribution >= 4 is 46.3 Å². The van der Waals surface area contributed by atoms with Gasteiger partial charge in [0.1, 0.15) is 10.1 Å². The van der Waals surface area contributed by atoms with Crippen molar-refractivity contribution in [2.75, 3.05) is 6.54 Å². The normalized spacial score (nSPS) is 17.6. The molecule has 0 radical (unpaired) electrons. The number of furan rings is 1. The Morgan fingerprint density at radius 3 is 2.95 bits per heavy atom. The van der Waals surface area contributed by atoms with E-state index in [1.165, 1.54) is 16.7 Å². The van der Waals surface area contributed by atoms with Crippen molar-refractivity contribution in [1.82, 2.24) is 4.90 Å². The van der Waals surface area contributed by atoms with Gasteiger partial charge in [-0.05, 0) is 43.2 Å². The number of rotatable bonds is 6. The first-order valence-electron chi connectivity index (χ1n) is 6.66. The summed E-state index contributed by atoms with van der Waals surface area (Å²) in [5.41, 5.74) is 0.876. The van der Waals surface area contributed by atoms with E-state index in [1.54, 1.807) is 18.4 Å². The number of amides is 1. The van der Waals surface area contributed by atoms with Gasteiger partial charge >= 0.3 is 5.97 Å². The molecule has 1 aliphatic heterocycles. The van der Waals surface area contributed by atoms with Crippen LogP contribution in [0.4, 0.5) is 0 Å². The van der Waals surface area contributed by atoms with Gasteiger partial charge in [0.05, 0.1) is 11.2 Å². The Kier molecular flexibility index (Phi) is 5.57. The third-order valence-corrected chi connectivity index (χ3v) is 4.30. The van der Waals surface area contributed by atoms with E-state index in [0.29, 0.717) is 28.0 Å². The number of carboxylic acids is 1. The Bertz CT molecular complexity index is 647. The third kappa shape index (κ3) is 4.32. The van der Waals surface area contributed by atoms with E-state index in [0.717, 1.165) is 5.57 Å². The molecule has 0 aromatic carbocycles. The number of thioether (sulfide) groups is 1. The van der Waals surface area contributed by atoms with Gasteiger partial charge in [-0.25, -0.2) is 0 Å². The molecule has 22 heavy (non-hydrogen) atoms. The van der Waals surface area contributed by atoms with Crippen molar-refractivity contribution < 1.29 is 19.1 Å². The molecule has 0 unspecified atom stereocenters. The Hall–Kier alpha value is -1.86. The van der Waals surface area contributed by atoms with Gasteiger partial charge in [0.2, 0.25) is 0 Å². The summed E-state index contributed by atoms with van der Waals surface area (Å²) in [7, 11) is 0. The van der Waals surface area contributed by atoms with Gasteiger partial charge < -0.3 is 9.52 Å². The molecule has 1 saturated heterocycles. The second-order valence-corrected chi connectivity index (χ2v) is 6.41. The predicted molar refractivity (Wildman–Crippen MR) is 89.2 cm³/mol. The highest BCUT2D eigenvalue weighted by Crippen LogP contribution is 2.32. The van der Waals surface area contributed by atoms with E-state index >= 15 is 0 Å². The van der Waals surface area contributed by atoms with Crippen LogP contribution in [0.5, 0.6) is 0 Å². The third-order valence-electron chi connectivity index (χ3n) is 2.92. The largest absolute Gasteiger partial charge is 0.481 e. The monoisotopic (exact) mass is 337 g/mol. The zero-order chi connectivity index (χ0) is 16.1. The van der Waals surface area contributed by atoms with E-state index in [1.807, 2.05) is 19.1 Å². The lowest BCUT2D eigenvalue weighted by atomic mass is 10.2. The van der Waals surface area contributed by atoms with Crippen LogP contribution in [-0.2, 0) is 9.59 Å². The number of nitrogens with zero attached hydrogens (tertiary/aromatic N) is 1. The molecular weight excluding hydrogens is 322 g/mol.